The molecule has 330 valence electrons. The number of furan rings is 2. The standard InChI is InChI=1S/C66H46O2Si2/c1-69(2)57-37-54-58(38-53(57)63-59(69)35-51(61-49-21-9-11-25-55(49)67-65(61)63)43-31-27-41(28-32-43)47-23-13-17-39-15-5-7-19-45(39)47)70(3,4)60-36-52(62-50-22-10-12-26-56(50)68-66(62)64(54)60)44-33-29-42(30-34-44)48-24-14-18-40-16-6-8-20-46(40)48/h5-38H,1-4H3. The maximum Gasteiger partial charge on any atom is 0.143 e. The molecule has 4 heteroatoms. The van der Waals surface area contributed by atoms with E-state index in [4.69, 9.17) is 8.83 Å². The van der Waals surface area contributed by atoms with Gasteiger partial charge in [0.1, 0.15) is 38.5 Å². The maximum absolute atomic E-state index is 7.11. The van der Waals surface area contributed by atoms with Crippen LogP contribution in [0, 0.1) is 0 Å². The summed E-state index contributed by atoms with van der Waals surface area (Å²) in [7, 11) is -4.61. The van der Waals surface area contributed by atoms with Gasteiger partial charge in [-0.3, -0.25) is 0 Å². The molecule has 0 atom stereocenters. The van der Waals surface area contributed by atoms with E-state index in [1.807, 2.05) is 0 Å². The minimum Gasteiger partial charge on any atom is -0.455 e. The Morgan fingerprint density at radius 3 is 1.03 bits per heavy atom. The molecule has 2 aliphatic heterocycles. The van der Waals surface area contributed by atoms with Crippen LogP contribution in [0.2, 0.25) is 26.2 Å². The molecule has 0 fully saturated rings. The number of hydrogen-bond donors (Lipinski definition) is 0. The van der Waals surface area contributed by atoms with Crippen molar-refractivity contribution in [2.45, 2.75) is 26.2 Å². The van der Waals surface area contributed by atoms with Crippen LogP contribution in [0.1, 0.15) is 0 Å². The molecule has 13 aromatic rings. The zero-order valence-electron chi connectivity index (χ0n) is 39.4. The Balaban J connectivity index is 0.910. The number of fused-ring (bicyclic) bond motifs is 16. The van der Waals surface area contributed by atoms with Crippen molar-refractivity contribution in [3.63, 3.8) is 0 Å². The Kier molecular flexibility index (Phi) is 8.14. The highest BCUT2D eigenvalue weighted by molar-refractivity contribution is 7.06. The third-order valence-corrected chi connectivity index (χ3v) is 23.3. The van der Waals surface area contributed by atoms with Crippen molar-refractivity contribution in [3.8, 4) is 66.8 Å². The number of benzene rings is 11. The molecule has 4 heterocycles. The molecular formula is C66H46O2Si2. The average molecular weight is 927 g/mol. The van der Waals surface area contributed by atoms with Gasteiger partial charge in [-0.1, -0.05) is 220 Å². The van der Waals surface area contributed by atoms with E-state index >= 15 is 0 Å². The Bertz CT molecular complexity index is 4100. The minimum atomic E-state index is -2.31. The third-order valence-electron chi connectivity index (χ3n) is 16.3. The Morgan fingerprint density at radius 1 is 0.286 bits per heavy atom. The predicted molar refractivity (Wildman–Crippen MR) is 302 cm³/mol. The SMILES string of the molecule is C[Si]1(C)c2cc3c(cc2-c2c1cc(-c1ccc(-c4cccc5ccccc45)cc1)c1c2oc2ccccc21)[Si](C)(C)c1cc(-c2ccc(-c4cccc5ccccc45)cc2)c2c(oc4ccccc42)c1-3. The molecule has 0 saturated heterocycles. The average Bonchev–Trinajstić information content (AvgIpc) is 4.10. The van der Waals surface area contributed by atoms with Gasteiger partial charge in [0.15, 0.2) is 0 Å². The highest BCUT2D eigenvalue weighted by Crippen LogP contribution is 2.48. The van der Waals surface area contributed by atoms with E-state index in [1.54, 1.807) is 0 Å². The van der Waals surface area contributed by atoms with Crippen LogP contribution >= 0.6 is 0 Å². The molecule has 0 radical (unpaired) electrons. The molecule has 0 aliphatic carbocycles. The minimum absolute atomic E-state index is 0.931. The van der Waals surface area contributed by atoms with Crippen molar-refractivity contribution in [2.75, 3.05) is 0 Å². The summed E-state index contributed by atoms with van der Waals surface area (Å²) in [6.07, 6.45) is 0. The van der Waals surface area contributed by atoms with Crippen LogP contribution in [0.5, 0.6) is 0 Å². The summed E-state index contributed by atoms with van der Waals surface area (Å²) in [5.74, 6) is 0. The number of rotatable bonds is 4. The summed E-state index contributed by atoms with van der Waals surface area (Å²) in [4.78, 5) is 0. The van der Waals surface area contributed by atoms with Crippen molar-refractivity contribution in [2.24, 2.45) is 0 Å². The summed E-state index contributed by atoms with van der Waals surface area (Å²) >= 11 is 0. The summed E-state index contributed by atoms with van der Waals surface area (Å²) in [6.45, 7) is 10.2. The highest BCUT2D eigenvalue weighted by Gasteiger charge is 2.46. The first-order valence-electron chi connectivity index (χ1n) is 24.6. The molecule has 0 amide bonds. The smallest absolute Gasteiger partial charge is 0.143 e. The van der Waals surface area contributed by atoms with Crippen molar-refractivity contribution in [1.29, 1.82) is 0 Å². The van der Waals surface area contributed by atoms with Crippen molar-refractivity contribution >= 4 is 102 Å². The first-order chi connectivity index (χ1) is 34.2. The van der Waals surface area contributed by atoms with E-state index in [9.17, 15) is 0 Å². The zero-order valence-corrected chi connectivity index (χ0v) is 41.4. The second-order valence-electron chi connectivity index (χ2n) is 20.7. The third kappa shape index (κ3) is 5.43. The van der Waals surface area contributed by atoms with Gasteiger partial charge in [0.25, 0.3) is 0 Å². The van der Waals surface area contributed by atoms with E-state index in [0.717, 1.165) is 33.1 Å². The van der Waals surface area contributed by atoms with Gasteiger partial charge in [0.2, 0.25) is 0 Å². The van der Waals surface area contributed by atoms with E-state index in [-0.39, 0.29) is 0 Å². The van der Waals surface area contributed by atoms with Gasteiger partial charge in [-0.2, -0.15) is 0 Å². The lowest BCUT2D eigenvalue weighted by atomic mass is 9.91. The molecule has 0 bridgehead atoms. The monoisotopic (exact) mass is 926 g/mol. The van der Waals surface area contributed by atoms with Gasteiger partial charge in [0, 0.05) is 32.7 Å². The van der Waals surface area contributed by atoms with Crippen LogP contribution in [0.4, 0.5) is 0 Å². The van der Waals surface area contributed by atoms with Crippen LogP contribution in [-0.4, -0.2) is 16.1 Å². The molecule has 2 nitrogen and oxygen atoms in total. The lowest BCUT2D eigenvalue weighted by molar-refractivity contribution is 0.670. The molecule has 2 aliphatic rings. The summed E-state index contributed by atoms with van der Waals surface area (Å²) < 4.78 is 14.2. The second kappa shape index (κ2) is 14.3. The maximum atomic E-state index is 7.11. The Hall–Kier alpha value is -8.03. The first kappa shape index (κ1) is 39.9. The topological polar surface area (TPSA) is 26.3 Å². The summed E-state index contributed by atoms with van der Waals surface area (Å²) in [6, 6.07) is 76.6. The molecular weight excluding hydrogens is 881 g/mol. The summed E-state index contributed by atoms with van der Waals surface area (Å²) in [5, 5.41) is 15.6. The van der Waals surface area contributed by atoms with Crippen molar-refractivity contribution < 1.29 is 8.83 Å². The normalized spacial score (nSPS) is 14.2. The van der Waals surface area contributed by atoms with Gasteiger partial charge in [-0.15, -0.1) is 0 Å². The van der Waals surface area contributed by atoms with Crippen LogP contribution < -0.4 is 20.7 Å². The molecule has 0 N–H and O–H groups in total. The van der Waals surface area contributed by atoms with Crippen molar-refractivity contribution in [1.82, 2.24) is 0 Å². The quantitative estimate of drug-likeness (QED) is 0.164. The largest absolute Gasteiger partial charge is 0.455 e. The summed E-state index contributed by atoms with van der Waals surface area (Å²) in [5.41, 5.74) is 19.0. The van der Waals surface area contributed by atoms with Gasteiger partial charge in [0.05, 0.1) is 0 Å². The van der Waals surface area contributed by atoms with Crippen molar-refractivity contribution in [3.05, 3.63) is 206 Å². The van der Waals surface area contributed by atoms with Gasteiger partial charge in [-0.05, 0) is 110 Å². The van der Waals surface area contributed by atoms with Gasteiger partial charge in [-0.25, -0.2) is 0 Å². The van der Waals surface area contributed by atoms with Crippen LogP contribution in [-0.2, 0) is 0 Å². The first-order valence-corrected chi connectivity index (χ1v) is 30.6. The molecule has 11 aromatic carbocycles. The molecule has 2 aromatic heterocycles. The lowest BCUT2D eigenvalue weighted by Crippen LogP contribution is -2.51. The zero-order chi connectivity index (χ0) is 46.6. The molecule has 0 unspecified atom stereocenters. The van der Waals surface area contributed by atoms with E-state index < -0.39 is 16.1 Å². The lowest BCUT2D eigenvalue weighted by Gasteiger charge is -2.22. The predicted octanol–water partition coefficient (Wildman–Crippen LogP) is 16.1. The fraction of sp³-hybridized carbons (Fsp3) is 0.0606. The van der Waals surface area contributed by atoms with E-state index in [0.29, 0.717) is 0 Å². The fourth-order valence-corrected chi connectivity index (χ4v) is 18.8. The van der Waals surface area contributed by atoms with Gasteiger partial charge >= 0.3 is 0 Å². The fourth-order valence-electron chi connectivity index (χ4n) is 12.7. The molecule has 0 spiro atoms. The van der Waals surface area contributed by atoms with E-state index in [1.165, 1.54) is 120 Å². The number of hydrogen-bond acceptors (Lipinski definition) is 2. The Morgan fingerprint density at radius 2 is 0.614 bits per heavy atom. The number of para-hydroxylation sites is 2. The Labute approximate surface area is 408 Å². The molecule has 0 saturated carbocycles. The molecule has 70 heavy (non-hydrogen) atoms. The second-order valence-corrected chi connectivity index (χ2v) is 29.4. The van der Waals surface area contributed by atoms with E-state index in [2.05, 4.69) is 232 Å². The van der Waals surface area contributed by atoms with Crippen LogP contribution in [0.25, 0.3) is 132 Å². The van der Waals surface area contributed by atoms with Gasteiger partial charge < -0.3 is 8.83 Å². The van der Waals surface area contributed by atoms with Crippen LogP contribution in [0.15, 0.2) is 215 Å². The molecule has 15 rings (SSSR count). The highest BCUT2D eigenvalue weighted by atomic mass is 28.3. The van der Waals surface area contributed by atoms with Crippen LogP contribution in [0.3, 0.4) is 0 Å².